The Labute approximate surface area is 310 Å². The van der Waals surface area contributed by atoms with Crippen LogP contribution in [0.4, 0.5) is 0 Å². The van der Waals surface area contributed by atoms with Crippen molar-refractivity contribution in [1.82, 2.24) is 0 Å². The van der Waals surface area contributed by atoms with Gasteiger partial charge in [-0.25, -0.2) is 0 Å². The second-order valence-corrected chi connectivity index (χ2v) is 14.3. The molecule has 5 aliphatic rings. The number of hydrogen-bond donors (Lipinski definition) is 2. The van der Waals surface area contributed by atoms with Crippen LogP contribution in [0.2, 0.25) is 0 Å². The highest BCUT2D eigenvalue weighted by atomic mass is 16.3. The van der Waals surface area contributed by atoms with Crippen LogP contribution in [0.5, 0.6) is 11.5 Å². The van der Waals surface area contributed by atoms with Gasteiger partial charge < -0.3 is 10.2 Å². The summed E-state index contributed by atoms with van der Waals surface area (Å²) in [4.78, 5) is 0. The molecule has 0 aliphatic heterocycles. The van der Waals surface area contributed by atoms with Crippen LogP contribution in [0.3, 0.4) is 0 Å². The number of aromatic hydroxyl groups is 2. The van der Waals surface area contributed by atoms with E-state index in [0.29, 0.717) is 0 Å². The molecule has 0 fully saturated rings. The summed E-state index contributed by atoms with van der Waals surface area (Å²) in [5.41, 5.74) is 17.6. The van der Waals surface area contributed by atoms with Crippen LogP contribution in [0.25, 0.3) is 0 Å². The van der Waals surface area contributed by atoms with Crippen molar-refractivity contribution in [2.45, 2.75) is 30.1 Å². The molecule has 0 spiro atoms. The summed E-state index contributed by atoms with van der Waals surface area (Å²) >= 11 is 0. The molecule has 2 atom stereocenters. The third-order valence-corrected chi connectivity index (χ3v) is 11.5. The molecule has 11 rings (SSSR count). The van der Waals surface area contributed by atoms with E-state index in [1.165, 1.54) is 55.6 Å². The van der Waals surface area contributed by atoms with E-state index in [1.54, 1.807) is 24.3 Å². The first kappa shape index (κ1) is 31.0. The largest absolute Gasteiger partial charge is 0.508 e. The first-order valence-corrected chi connectivity index (χ1v) is 18.2. The Morgan fingerprint density at radius 3 is 1.36 bits per heavy atom. The third kappa shape index (κ3) is 4.84. The maximum Gasteiger partial charge on any atom is 0.115 e. The Kier molecular flexibility index (Phi) is 7.14. The van der Waals surface area contributed by atoms with Crippen molar-refractivity contribution in [1.29, 1.82) is 0 Å². The maximum atomic E-state index is 10.1. The number of fused-ring (bicyclic) bond motifs is 3. The lowest BCUT2D eigenvalue weighted by Gasteiger charge is -2.46. The quantitative estimate of drug-likeness (QED) is 0.157. The SMILES string of the molecule is C=C1/C=C\C=C/CC2c3ccccc3C1c1c(C#Cc3ccc(O)cc3)c3c(c(C#Cc4ccc(O)cc4)c12)C1c2ccccc2C3c2ccccc21. The Morgan fingerprint density at radius 2 is 0.868 bits per heavy atom. The van der Waals surface area contributed by atoms with Crippen molar-refractivity contribution in [3.05, 3.63) is 236 Å². The van der Waals surface area contributed by atoms with Gasteiger partial charge in [0.05, 0.1) is 0 Å². The third-order valence-electron chi connectivity index (χ3n) is 11.5. The van der Waals surface area contributed by atoms with Crippen LogP contribution < -0.4 is 0 Å². The van der Waals surface area contributed by atoms with Crippen LogP contribution in [0, 0.1) is 23.7 Å². The molecule has 0 saturated carbocycles. The lowest BCUT2D eigenvalue weighted by atomic mass is 9.56. The molecule has 2 N–H and O–H groups in total. The molecule has 0 radical (unpaired) electrons. The summed E-state index contributed by atoms with van der Waals surface area (Å²) in [7, 11) is 0. The fourth-order valence-electron chi connectivity index (χ4n) is 9.35. The highest BCUT2D eigenvalue weighted by molar-refractivity contribution is 5.80. The maximum absolute atomic E-state index is 10.1. The standard InChI is InChI=1S/C51H34O2/c1-31-11-3-2-4-13-38-36-12-5-6-14-37(36)45(31)49-44(30-24-33-21-27-35(53)28-22-33)51-47-41-17-9-7-15-39(41)46(40-16-8-10-18-42(40)47)50(51)43(48(38)49)29-23-32-19-25-34(52)26-20-32/h2-12,14-22,25-28,38,45-47,52-53H,1,13H2/b4-2-,11-3-. The van der Waals surface area contributed by atoms with Gasteiger partial charge in [-0.3, -0.25) is 0 Å². The average Bonchev–Trinajstić information content (AvgIpc) is 3.19. The topological polar surface area (TPSA) is 40.5 Å². The molecule has 6 aromatic carbocycles. The Morgan fingerprint density at radius 1 is 0.453 bits per heavy atom. The summed E-state index contributed by atoms with van der Waals surface area (Å²) in [6.45, 7) is 4.74. The predicted molar refractivity (Wildman–Crippen MR) is 212 cm³/mol. The van der Waals surface area contributed by atoms with Crippen molar-refractivity contribution in [2.75, 3.05) is 0 Å². The summed E-state index contributed by atoms with van der Waals surface area (Å²) in [5.74, 6) is 15.1. The second kappa shape index (κ2) is 12.2. The average molecular weight is 679 g/mol. The summed E-state index contributed by atoms with van der Waals surface area (Å²) in [6.07, 6.45) is 9.50. The number of phenolic OH excluding ortho intramolecular Hbond substituents is 2. The van der Waals surface area contributed by atoms with E-state index in [1.807, 2.05) is 24.3 Å². The fraction of sp³-hybridized carbons (Fsp3) is 0.0980. The molecule has 0 heterocycles. The normalized spacial score (nSPS) is 20.6. The van der Waals surface area contributed by atoms with Crippen LogP contribution in [0.1, 0.15) is 108 Å². The number of rotatable bonds is 0. The highest BCUT2D eigenvalue weighted by Gasteiger charge is 2.47. The van der Waals surface area contributed by atoms with Crippen LogP contribution >= 0.6 is 0 Å². The second-order valence-electron chi connectivity index (χ2n) is 14.3. The molecular formula is C51H34O2. The van der Waals surface area contributed by atoms with E-state index >= 15 is 0 Å². The van der Waals surface area contributed by atoms with Gasteiger partial charge in [0, 0.05) is 45.9 Å². The lowest BCUT2D eigenvalue weighted by Crippen LogP contribution is -2.32. The van der Waals surface area contributed by atoms with Gasteiger partial charge in [-0.1, -0.05) is 127 Å². The van der Waals surface area contributed by atoms with E-state index in [4.69, 9.17) is 6.58 Å². The molecule has 6 aromatic rings. The molecule has 4 bridgehead atoms. The summed E-state index contributed by atoms with van der Waals surface area (Å²) in [6, 6.07) is 41.0. The molecule has 2 nitrogen and oxygen atoms in total. The highest BCUT2D eigenvalue weighted by Crippen LogP contribution is 2.61. The Bertz CT molecular complexity index is 2650. The molecule has 2 heteroatoms. The van der Waals surface area contributed by atoms with Crippen molar-refractivity contribution in [2.24, 2.45) is 0 Å². The molecule has 0 aromatic heterocycles. The zero-order chi connectivity index (χ0) is 35.6. The van der Waals surface area contributed by atoms with Gasteiger partial charge >= 0.3 is 0 Å². The van der Waals surface area contributed by atoms with E-state index in [9.17, 15) is 10.2 Å². The minimum absolute atomic E-state index is 0.0196. The lowest BCUT2D eigenvalue weighted by molar-refractivity contribution is 0.474. The Balaban J connectivity index is 1.39. The minimum Gasteiger partial charge on any atom is -0.508 e. The smallest absolute Gasteiger partial charge is 0.115 e. The molecular weight excluding hydrogens is 645 g/mol. The van der Waals surface area contributed by atoms with E-state index in [0.717, 1.165) is 34.2 Å². The van der Waals surface area contributed by atoms with Crippen molar-refractivity contribution >= 4 is 0 Å². The number of phenols is 2. The number of allylic oxidation sites excluding steroid dienone is 5. The summed E-state index contributed by atoms with van der Waals surface area (Å²) < 4.78 is 0. The molecule has 2 unspecified atom stereocenters. The number of benzene rings is 6. The molecule has 53 heavy (non-hydrogen) atoms. The predicted octanol–water partition coefficient (Wildman–Crippen LogP) is 10.5. The van der Waals surface area contributed by atoms with Crippen molar-refractivity contribution in [3.8, 4) is 35.2 Å². The van der Waals surface area contributed by atoms with Gasteiger partial charge in [-0.2, -0.15) is 0 Å². The van der Waals surface area contributed by atoms with Crippen LogP contribution in [0.15, 0.2) is 158 Å². The Hall–Kier alpha value is -6.74. The van der Waals surface area contributed by atoms with Gasteiger partial charge in [0.25, 0.3) is 0 Å². The molecule has 0 saturated heterocycles. The van der Waals surface area contributed by atoms with E-state index < -0.39 is 0 Å². The van der Waals surface area contributed by atoms with Crippen LogP contribution in [-0.2, 0) is 0 Å². The first-order valence-electron chi connectivity index (χ1n) is 18.2. The minimum atomic E-state index is -0.130. The molecule has 250 valence electrons. The monoisotopic (exact) mass is 678 g/mol. The zero-order valence-corrected chi connectivity index (χ0v) is 29.0. The van der Waals surface area contributed by atoms with Gasteiger partial charge in [-0.05, 0) is 116 Å². The van der Waals surface area contributed by atoms with Gasteiger partial charge in [-0.15, -0.1) is 0 Å². The first-order chi connectivity index (χ1) is 26.1. The summed E-state index contributed by atoms with van der Waals surface area (Å²) in [5, 5.41) is 20.2. The van der Waals surface area contributed by atoms with Gasteiger partial charge in [0.2, 0.25) is 0 Å². The molecule has 5 aliphatic carbocycles. The fourth-order valence-corrected chi connectivity index (χ4v) is 9.35. The zero-order valence-electron chi connectivity index (χ0n) is 29.0. The van der Waals surface area contributed by atoms with Crippen LogP contribution in [-0.4, -0.2) is 10.2 Å². The van der Waals surface area contributed by atoms with E-state index in [-0.39, 0.29) is 35.2 Å². The van der Waals surface area contributed by atoms with E-state index in [2.05, 4.69) is 121 Å². The van der Waals surface area contributed by atoms with Gasteiger partial charge in [0.1, 0.15) is 11.5 Å². The van der Waals surface area contributed by atoms with Crippen molar-refractivity contribution in [3.63, 3.8) is 0 Å². The van der Waals surface area contributed by atoms with Crippen molar-refractivity contribution < 1.29 is 10.2 Å². The van der Waals surface area contributed by atoms with Gasteiger partial charge in [0.15, 0.2) is 0 Å². The molecule has 0 amide bonds. The number of hydrogen-bond acceptors (Lipinski definition) is 2.